The number of carbonyl (C=O) groups excluding carboxylic acids is 2. The lowest BCUT2D eigenvalue weighted by molar-refractivity contribution is 0.0599. The zero-order valence-corrected chi connectivity index (χ0v) is 16.5. The molecule has 0 aromatic heterocycles. The van der Waals surface area contributed by atoms with Crippen molar-refractivity contribution in [1.82, 2.24) is 9.80 Å². The minimum absolute atomic E-state index is 0.0952. The summed E-state index contributed by atoms with van der Waals surface area (Å²) >= 11 is 0. The van der Waals surface area contributed by atoms with Gasteiger partial charge in [0.2, 0.25) is 0 Å². The lowest BCUT2D eigenvalue weighted by atomic mass is 10.1. The second-order valence-corrected chi connectivity index (χ2v) is 7.32. The van der Waals surface area contributed by atoms with Crippen molar-refractivity contribution in [2.45, 2.75) is 6.54 Å². The molecule has 0 radical (unpaired) electrons. The van der Waals surface area contributed by atoms with Crippen molar-refractivity contribution >= 4 is 22.6 Å². The maximum atomic E-state index is 12.9. The number of methoxy groups -OCH3 is 1. The third-order valence-electron chi connectivity index (χ3n) is 5.44. The van der Waals surface area contributed by atoms with E-state index in [0.29, 0.717) is 18.7 Å². The Morgan fingerprint density at radius 2 is 1.48 bits per heavy atom. The standard InChI is InChI=1S/C24H24N2O3/c1-29-24(28)20-8-6-18(7-9-20)17-25-12-14-26(15-13-25)23(27)22-11-10-19-4-2-3-5-21(19)16-22/h2-11,16H,12-15,17H2,1H3. The van der Waals surface area contributed by atoms with Crippen LogP contribution in [0.5, 0.6) is 0 Å². The van der Waals surface area contributed by atoms with Gasteiger partial charge in [-0.25, -0.2) is 4.79 Å². The Morgan fingerprint density at radius 1 is 0.828 bits per heavy atom. The summed E-state index contributed by atoms with van der Waals surface area (Å²) in [5.41, 5.74) is 2.45. The first-order chi connectivity index (χ1) is 14.1. The van der Waals surface area contributed by atoms with Gasteiger partial charge in [0.05, 0.1) is 12.7 Å². The molecule has 3 aromatic carbocycles. The van der Waals surface area contributed by atoms with Gasteiger partial charge >= 0.3 is 5.97 Å². The Kier molecular flexibility index (Phi) is 5.58. The molecule has 0 bridgehead atoms. The van der Waals surface area contributed by atoms with Crippen LogP contribution in [-0.2, 0) is 11.3 Å². The van der Waals surface area contributed by atoms with E-state index in [2.05, 4.69) is 11.0 Å². The van der Waals surface area contributed by atoms with Gasteiger partial charge in [0.1, 0.15) is 0 Å². The summed E-state index contributed by atoms with van der Waals surface area (Å²) in [5.74, 6) is -0.227. The van der Waals surface area contributed by atoms with Gasteiger partial charge in [-0.05, 0) is 40.6 Å². The molecule has 148 valence electrons. The fraction of sp³-hybridized carbons (Fsp3) is 0.250. The maximum Gasteiger partial charge on any atom is 0.337 e. The average molecular weight is 388 g/mol. The largest absolute Gasteiger partial charge is 0.465 e. The van der Waals surface area contributed by atoms with Gasteiger partial charge < -0.3 is 9.64 Å². The van der Waals surface area contributed by atoms with E-state index in [4.69, 9.17) is 4.74 Å². The van der Waals surface area contributed by atoms with Crippen LogP contribution in [0.25, 0.3) is 10.8 Å². The van der Waals surface area contributed by atoms with Gasteiger partial charge in [-0.15, -0.1) is 0 Å². The van der Waals surface area contributed by atoms with Crippen LogP contribution in [0.1, 0.15) is 26.3 Å². The normalized spacial score (nSPS) is 14.7. The van der Waals surface area contributed by atoms with Crippen LogP contribution in [0.3, 0.4) is 0 Å². The predicted octanol–water partition coefficient (Wildman–Crippen LogP) is 3.58. The van der Waals surface area contributed by atoms with E-state index in [1.807, 2.05) is 53.4 Å². The molecule has 4 rings (SSSR count). The fourth-order valence-corrected chi connectivity index (χ4v) is 3.74. The highest BCUT2D eigenvalue weighted by atomic mass is 16.5. The minimum atomic E-state index is -0.322. The molecule has 5 heteroatoms. The number of piperazine rings is 1. The van der Waals surface area contributed by atoms with E-state index in [9.17, 15) is 9.59 Å². The summed E-state index contributed by atoms with van der Waals surface area (Å²) < 4.78 is 4.73. The summed E-state index contributed by atoms with van der Waals surface area (Å²) in [6, 6.07) is 21.5. The Labute approximate surface area is 170 Å². The number of benzene rings is 3. The molecular weight excluding hydrogens is 364 g/mol. The van der Waals surface area contributed by atoms with Gasteiger partial charge in [-0.1, -0.05) is 42.5 Å². The highest BCUT2D eigenvalue weighted by Crippen LogP contribution is 2.18. The predicted molar refractivity (Wildman–Crippen MR) is 113 cm³/mol. The molecule has 0 aliphatic carbocycles. The van der Waals surface area contributed by atoms with E-state index in [1.54, 1.807) is 12.1 Å². The van der Waals surface area contributed by atoms with Gasteiger partial charge in [0.25, 0.3) is 5.91 Å². The zero-order chi connectivity index (χ0) is 20.2. The third-order valence-corrected chi connectivity index (χ3v) is 5.44. The number of hydrogen-bond acceptors (Lipinski definition) is 4. The molecule has 0 spiro atoms. The Balaban J connectivity index is 1.35. The lowest BCUT2D eigenvalue weighted by Crippen LogP contribution is -2.48. The molecule has 0 saturated carbocycles. The molecule has 5 nitrogen and oxygen atoms in total. The number of fused-ring (bicyclic) bond motifs is 1. The summed E-state index contributed by atoms with van der Waals surface area (Å²) in [7, 11) is 1.38. The van der Waals surface area contributed by atoms with E-state index in [1.165, 1.54) is 7.11 Å². The van der Waals surface area contributed by atoms with Crippen molar-refractivity contribution in [2.24, 2.45) is 0 Å². The number of ether oxygens (including phenoxy) is 1. The van der Waals surface area contributed by atoms with E-state index in [0.717, 1.165) is 41.5 Å². The second-order valence-electron chi connectivity index (χ2n) is 7.32. The van der Waals surface area contributed by atoms with E-state index in [-0.39, 0.29) is 11.9 Å². The molecule has 3 aromatic rings. The Bertz CT molecular complexity index is 1020. The number of carbonyl (C=O) groups is 2. The number of rotatable bonds is 4. The van der Waals surface area contributed by atoms with Crippen LogP contribution in [0.4, 0.5) is 0 Å². The topological polar surface area (TPSA) is 49.9 Å². The molecule has 1 heterocycles. The van der Waals surface area contributed by atoms with Crippen molar-refractivity contribution in [2.75, 3.05) is 33.3 Å². The molecule has 0 N–H and O–H groups in total. The number of nitrogens with zero attached hydrogens (tertiary/aromatic N) is 2. The first kappa shape index (κ1) is 19.2. The molecule has 29 heavy (non-hydrogen) atoms. The number of esters is 1. The van der Waals surface area contributed by atoms with Crippen LogP contribution < -0.4 is 0 Å². The van der Waals surface area contributed by atoms with Crippen molar-refractivity contribution in [3.8, 4) is 0 Å². The van der Waals surface area contributed by atoms with E-state index >= 15 is 0 Å². The number of amides is 1. The van der Waals surface area contributed by atoms with Gasteiger partial charge in [-0.2, -0.15) is 0 Å². The average Bonchev–Trinajstić information content (AvgIpc) is 2.79. The van der Waals surface area contributed by atoms with Gasteiger partial charge in [0, 0.05) is 38.3 Å². The molecule has 0 atom stereocenters. The van der Waals surface area contributed by atoms with Crippen LogP contribution in [-0.4, -0.2) is 55.0 Å². The van der Waals surface area contributed by atoms with Crippen LogP contribution >= 0.6 is 0 Å². The first-order valence-corrected chi connectivity index (χ1v) is 9.82. The molecule has 1 aliphatic heterocycles. The monoisotopic (exact) mass is 388 g/mol. The lowest BCUT2D eigenvalue weighted by Gasteiger charge is -2.34. The Hall–Kier alpha value is -3.18. The van der Waals surface area contributed by atoms with Crippen molar-refractivity contribution in [1.29, 1.82) is 0 Å². The van der Waals surface area contributed by atoms with E-state index < -0.39 is 0 Å². The molecular formula is C24H24N2O3. The third kappa shape index (κ3) is 4.30. The smallest absolute Gasteiger partial charge is 0.337 e. The molecule has 1 amide bonds. The number of hydrogen-bond donors (Lipinski definition) is 0. The summed E-state index contributed by atoms with van der Waals surface area (Å²) in [4.78, 5) is 28.7. The van der Waals surface area contributed by atoms with Crippen LogP contribution in [0.15, 0.2) is 66.7 Å². The van der Waals surface area contributed by atoms with Crippen molar-refractivity contribution in [3.63, 3.8) is 0 Å². The maximum absolute atomic E-state index is 12.9. The Morgan fingerprint density at radius 3 is 2.17 bits per heavy atom. The molecule has 1 saturated heterocycles. The SMILES string of the molecule is COC(=O)c1ccc(CN2CCN(C(=O)c3ccc4ccccc4c3)CC2)cc1. The summed E-state index contributed by atoms with van der Waals surface area (Å²) in [6.45, 7) is 3.90. The fourth-order valence-electron chi connectivity index (χ4n) is 3.74. The highest BCUT2D eigenvalue weighted by Gasteiger charge is 2.22. The van der Waals surface area contributed by atoms with Crippen molar-refractivity contribution in [3.05, 3.63) is 83.4 Å². The van der Waals surface area contributed by atoms with Crippen molar-refractivity contribution < 1.29 is 14.3 Å². The first-order valence-electron chi connectivity index (χ1n) is 9.82. The van der Waals surface area contributed by atoms with Gasteiger partial charge in [0.15, 0.2) is 0 Å². The van der Waals surface area contributed by atoms with Crippen LogP contribution in [0, 0.1) is 0 Å². The highest BCUT2D eigenvalue weighted by molar-refractivity contribution is 5.98. The molecule has 1 aliphatic rings. The molecule has 1 fully saturated rings. The minimum Gasteiger partial charge on any atom is -0.465 e. The summed E-state index contributed by atoms with van der Waals surface area (Å²) in [5, 5.41) is 2.24. The van der Waals surface area contributed by atoms with Crippen LogP contribution in [0.2, 0.25) is 0 Å². The molecule has 0 unspecified atom stereocenters. The second kappa shape index (κ2) is 8.45. The zero-order valence-electron chi connectivity index (χ0n) is 16.5. The quantitative estimate of drug-likeness (QED) is 0.641. The summed E-state index contributed by atoms with van der Waals surface area (Å²) in [6.07, 6.45) is 0. The van der Waals surface area contributed by atoms with Gasteiger partial charge in [-0.3, -0.25) is 9.69 Å².